The number of phenolic OH excluding ortho intramolecular Hbond substituents is 1. The Kier molecular flexibility index (Phi) is 17.8. The van der Waals surface area contributed by atoms with Crippen LogP contribution in [0.4, 0.5) is 11.4 Å². The lowest BCUT2D eigenvalue weighted by Crippen LogP contribution is -2.44. The maximum atomic E-state index is 12.8. The molecule has 3 N–H and O–H groups in total. The summed E-state index contributed by atoms with van der Waals surface area (Å²) in [5, 5.41) is 16.7. The molecule has 0 unspecified atom stereocenters. The van der Waals surface area contributed by atoms with Crippen LogP contribution in [0.2, 0.25) is 0 Å². The molecule has 2 amide bonds. The number of methoxy groups -OCH3 is 1. The van der Waals surface area contributed by atoms with E-state index in [9.17, 15) is 14.7 Å². The molecule has 2 aliphatic rings. The van der Waals surface area contributed by atoms with Gasteiger partial charge in [0.15, 0.2) is 8.38 Å². The van der Waals surface area contributed by atoms with Crippen molar-refractivity contribution in [1.82, 2.24) is 0 Å². The molecule has 11 nitrogen and oxygen atoms in total. The number of carbonyl (C=O) groups is 2. The molecule has 2 fully saturated rings. The van der Waals surface area contributed by atoms with Gasteiger partial charge in [-0.15, -0.1) is 0 Å². The number of benzene rings is 4. The topological polar surface area (TPSA) is 134 Å². The predicted octanol–water partition coefficient (Wildman–Crippen LogP) is 13.4. The van der Waals surface area contributed by atoms with Crippen LogP contribution in [0.3, 0.4) is 0 Å². The molecule has 4 aromatic carbocycles. The summed E-state index contributed by atoms with van der Waals surface area (Å²) in [6.45, 7) is 32.3. The summed E-state index contributed by atoms with van der Waals surface area (Å²) in [4.78, 5) is 25.2. The molecule has 67 heavy (non-hydrogen) atoms. The highest BCUT2D eigenvalue weighted by Gasteiger charge is 2.43. The zero-order valence-electron chi connectivity index (χ0n) is 42.7. The summed E-state index contributed by atoms with van der Waals surface area (Å²) in [5.41, 5.74) is 9.11. The van der Waals surface area contributed by atoms with Gasteiger partial charge in [0.05, 0.1) is 39.0 Å². The first kappa shape index (κ1) is 53.9. The van der Waals surface area contributed by atoms with Gasteiger partial charge in [-0.3, -0.25) is 9.59 Å². The number of hydrogen-bond acceptors (Lipinski definition) is 9. The van der Waals surface area contributed by atoms with Crippen LogP contribution >= 0.6 is 17.0 Å². The third kappa shape index (κ3) is 15.5. The van der Waals surface area contributed by atoms with Crippen molar-refractivity contribution < 1.29 is 42.1 Å². The molecule has 0 saturated carbocycles. The smallest absolute Gasteiger partial charge is 0.397 e. The number of carbonyl (C=O) groups excluding carboxylic acids is 2. The molecule has 6 rings (SSSR count). The lowest BCUT2D eigenvalue weighted by atomic mass is 9.75. The Balaban J connectivity index is 0.000000265. The third-order valence-electron chi connectivity index (χ3n) is 11.9. The zero-order valence-corrected chi connectivity index (χ0v) is 44.5. The average Bonchev–Trinajstić information content (AvgIpc) is 3.24. The van der Waals surface area contributed by atoms with Gasteiger partial charge in [-0.2, -0.15) is 0 Å². The van der Waals surface area contributed by atoms with E-state index < -0.39 is 17.0 Å². The van der Waals surface area contributed by atoms with Crippen LogP contribution in [0.5, 0.6) is 17.2 Å². The number of anilines is 2. The molecule has 0 atom stereocenters. The molecule has 0 radical (unpaired) electrons. The van der Waals surface area contributed by atoms with Crippen molar-refractivity contribution >= 4 is 40.2 Å². The second-order valence-electron chi connectivity index (χ2n) is 22.1. The quantitative estimate of drug-likeness (QED) is 0.126. The van der Waals surface area contributed by atoms with Crippen LogP contribution < -0.4 is 19.9 Å². The van der Waals surface area contributed by atoms with Crippen molar-refractivity contribution in [3.63, 3.8) is 0 Å². The van der Waals surface area contributed by atoms with Gasteiger partial charge in [-0.05, 0) is 129 Å². The number of amides is 2. The number of rotatable bonds is 11. The lowest BCUT2D eigenvalue weighted by Gasteiger charge is -2.41. The van der Waals surface area contributed by atoms with Gasteiger partial charge in [0.1, 0.15) is 17.2 Å². The highest BCUT2D eigenvalue weighted by Crippen LogP contribution is 2.51. The molecule has 2 aliphatic heterocycles. The Labute approximate surface area is 403 Å². The number of aryl methyl sites for hydroxylation is 2. The van der Waals surface area contributed by atoms with Gasteiger partial charge in [-0.25, -0.2) is 0 Å². The maximum Gasteiger partial charge on any atom is 0.397 e. The number of aromatic hydroxyl groups is 1. The average molecular weight is 959 g/mol. The summed E-state index contributed by atoms with van der Waals surface area (Å²) >= 11 is 0. The highest BCUT2D eigenvalue weighted by atomic mass is 31.2. The number of ether oxygens (including phenoxy) is 1. The van der Waals surface area contributed by atoms with Crippen molar-refractivity contribution in [1.29, 1.82) is 0 Å². The molecule has 0 aliphatic carbocycles. The van der Waals surface area contributed by atoms with Crippen LogP contribution in [0.15, 0.2) is 72.8 Å². The van der Waals surface area contributed by atoms with E-state index >= 15 is 0 Å². The van der Waals surface area contributed by atoms with Crippen molar-refractivity contribution in [3.05, 3.63) is 112 Å². The van der Waals surface area contributed by atoms with E-state index in [0.29, 0.717) is 63.6 Å². The Morgan fingerprint density at radius 1 is 0.597 bits per heavy atom. The van der Waals surface area contributed by atoms with Gasteiger partial charge in [0, 0.05) is 30.9 Å². The first-order chi connectivity index (χ1) is 31.2. The van der Waals surface area contributed by atoms with Crippen LogP contribution in [-0.4, -0.2) is 57.1 Å². The van der Waals surface area contributed by atoms with E-state index in [1.807, 2.05) is 67.3 Å². The number of hydrogen-bond donors (Lipinski definition) is 3. The first-order valence-corrected chi connectivity index (χ1v) is 26.0. The molecule has 1 spiro atoms. The number of nitrogens with one attached hydrogen (secondary N) is 2. The van der Waals surface area contributed by atoms with E-state index in [1.165, 1.54) is 22.3 Å². The molecule has 366 valence electrons. The fourth-order valence-corrected chi connectivity index (χ4v) is 10.2. The first-order valence-electron chi connectivity index (χ1n) is 23.2. The standard InChI is InChI=1S/C30H43NO6P2.C24H33NO3/c1-21-25(28(2,3)4)15-22(16-26(21)29(5,6)7)9-14-27(32)31-23-10-12-24(13-11-23)37-39-35-19-30(20-36-39)17-33-38(8)34-18-30;1-23(2,3)19-14-16(15-20(22(19)27)24(4,5)6)8-13-21(26)25-17-9-11-18(28-7)12-10-17/h10-13,15-16H,9,14,17-20H2,1-8H3,(H,31,32);9-12,14-15,27H,8,13H2,1-7H3,(H,25,26). The predicted molar refractivity (Wildman–Crippen MR) is 274 cm³/mol. The Morgan fingerprint density at radius 2 is 0.955 bits per heavy atom. The minimum absolute atomic E-state index is 0.0138. The van der Waals surface area contributed by atoms with Crippen LogP contribution in [0.25, 0.3) is 0 Å². The molecule has 0 aromatic heterocycles. The van der Waals surface area contributed by atoms with Crippen molar-refractivity contribution in [2.45, 2.75) is 137 Å². The largest absolute Gasteiger partial charge is 0.507 e. The SMILES string of the molecule is COc1ccc(NC(=O)CCc2cc(C(C)(C)C)c(O)c(C(C)(C)C)c2)cc1.Cc1c(C(C)(C)C)cc(CCC(=O)Nc2ccc(OP3OCC4(COP(C)OC4)CO3)cc2)cc1C(C)(C)C. The zero-order chi connectivity index (χ0) is 49.5. The van der Waals surface area contributed by atoms with Gasteiger partial charge in [0.2, 0.25) is 11.8 Å². The van der Waals surface area contributed by atoms with Crippen LogP contribution in [-0.2, 0) is 62.2 Å². The molecular weight excluding hydrogens is 883 g/mol. The summed E-state index contributed by atoms with van der Waals surface area (Å²) in [6, 6.07) is 23.2. The summed E-state index contributed by atoms with van der Waals surface area (Å²) in [7, 11) is -0.669. The highest BCUT2D eigenvalue weighted by molar-refractivity contribution is 7.46. The summed E-state index contributed by atoms with van der Waals surface area (Å²) in [5.74, 6) is 1.71. The second-order valence-corrected chi connectivity index (χ2v) is 24.6. The van der Waals surface area contributed by atoms with Crippen molar-refractivity contribution in [3.8, 4) is 17.2 Å². The van der Waals surface area contributed by atoms with E-state index in [0.717, 1.165) is 33.8 Å². The molecular formula is C54H76N2O9P2. The third-order valence-corrected chi connectivity index (χ3v) is 13.9. The minimum Gasteiger partial charge on any atom is -0.507 e. The molecule has 2 saturated heterocycles. The maximum absolute atomic E-state index is 12.8. The van der Waals surface area contributed by atoms with Gasteiger partial charge in [0.25, 0.3) is 0 Å². The Bertz CT molecular complexity index is 2220. The van der Waals surface area contributed by atoms with Gasteiger partial charge >= 0.3 is 8.60 Å². The fourth-order valence-electron chi connectivity index (χ4n) is 7.99. The summed E-state index contributed by atoms with van der Waals surface area (Å²) < 4.78 is 34.0. The van der Waals surface area contributed by atoms with E-state index in [-0.39, 0.29) is 38.9 Å². The normalized spacial score (nSPS) is 19.0. The lowest BCUT2D eigenvalue weighted by molar-refractivity contribution is -0.117. The Hall–Kier alpha value is -4.08. The minimum atomic E-state index is -1.49. The van der Waals surface area contributed by atoms with E-state index in [1.54, 1.807) is 7.11 Å². The molecule has 0 bridgehead atoms. The summed E-state index contributed by atoms with van der Waals surface area (Å²) in [6.07, 6.45) is 2.10. The van der Waals surface area contributed by atoms with E-state index in [4.69, 9.17) is 27.4 Å². The van der Waals surface area contributed by atoms with Gasteiger partial charge in [-0.1, -0.05) is 107 Å². The monoisotopic (exact) mass is 959 g/mol. The Morgan fingerprint density at radius 3 is 1.33 bits per heavy atom. The van der Waals surface area contributed by atoms with Crippen molar-refractivity contribution in [2.75, 3.05) is 50.8 Å². The van der Waals surface area contributed by atoms with Crippen LogP contribution in [0, 0.1) is 12.3 Å². The fraction of sp³-hybridized carbons (Fsp3) is 0.519. The van der Waals surface area contributed by atoms with E-state index in [2.05, 4.69) is 113 Å². The van der Waals surface area contributed by atoms with Gasteiger partial charge < -0.3 is 43.1 Å². The van der Waals surface area contributed by atoms with Crippen LogP contribution in [0.1, 0.15) is 135 Å². The second kappa shape index (κ2) is 22.1. The molecule has 2 heterocycles. The molecule has 4 aromatic rings. The van der Waals surface area contributed by atoms with Crippen molar-refractivity contribution in [2.24, 2.45) is 5.41 Å². The molecule has 13 heteroatoms. The number of phenols is 1.